The van der Waals surface area contributed by atoms with Gasteiger partial charge in [-0.15, -0.1) is 0 Å². The summed E-state index contributed by atoms with van der Waals surface area (Å²) in [4.78, 5) is 24.6. The standard InChI is InChI=1S/C21H24ClNO5/c1-5-14-9-7-8-13(3)19(14)23-18(24)12-28-21(25)15-10-16(22)20(27-6-2)17(11-15)26-4/h7-11H,5-6,12H2,1-4H3,(H,23,24). The van der Waals surface area contributed by atoms with Crippen LogP contribution in [0.4, 0.5) is 5.69 Å². The highest BCUT2D eigenvalue weighted by Gasteiger charge is 2.18. The molecule has 2 aromatic carbocycles. The Morgan fingerprint density at radius 1 is 1.18 bits per heavy atom. The first-order valence-corrected chi connectivity index (χ1v) is 9.34. The van der Waals surface area contributed by atoms with Gasteiger partial charge < -0.3 is 19.5 Å². The second-order valence-corrected chi connectivity index (χ2v) is 6.42. The predicted molar refractivity (Wildman–Crippen MR) is 109 cm³/mol. The fourth-order valence-corrected chi connectivity index (χ4v) is 2.98. The van der Waals surface area contributed by atoms with E-state index in [0.717, 1.165) is 23.2 Å². The van der Waals surface area contributed by atoms with Crippen molar-refractivity contribution in [3.05, 3.63) is 52.0 Å². The van der Waals surface area contributed by atoms with Crippen molar-refractivity contribution in [2.75, 3.05) is 25.6 Å². The Kier molecular flexibility index (Phi) is 7.70. The van der Waals surface area contributed by atoms with Crippen LogP contribution < -0.4 is 14.8 Å². The van der Waals surface area contributed by atoms with Crippen LogP contribution in [0.25, 0.3) is 0 Å². The van der Waals surface area contributed by atoms with Gasteiger partial charge in [0.05, 0.1) is 24.3 Å². The molecule has 0 unspecified atom stereocenters. The van der Waals surface area contributed by atoms with E-state index in [2.05, 4.69) is 5.32 Å². The minimum Gasteiger partial charge on any atom is -0.493 e. The van der Waals surface area contributed by atoms with Crippen LogP contribution in [0.15, 0.2) is 30.3 Å². The lowest BCUT2D eigenvalue weighted by Gasteiger charge is -2.14. The summed E-state index contributed by atoms with van der Waals surface area (Å²) in [6.07, 6.45) is 0.779. The minimum atomic E-state index is -0.682. The van der Waals surface area contributed by atoms with Gasteiger partial charge in [-0.2, -0.15) is 0 Å². The molecule has 0 aliphatic carbocycles. The number of halogens is 1. The van der Waals surface area contributed by atoms with Crippen molar-refractivity contribution >= 4 is 29.2 Å². The minimum absolute atomic E-state index is 0.170. The Balaban J connectivity index is 2.06. The van der Waals surface area contributed by atoms with Gasteiger partial charge in [0.2, 0.25) is 0 Å². The molecular weight excluding hydrogens is 382 g/mol. The predicted octanol–water partition coefficient (Wildman–Crippen LogP) is 4.41. The van der Waals surface area contributed by atoms with Crippen molar-refractivity contribution < 1.29 is 23.8 Å². The second kappa shape index (κ2) is 9.99. The summed E-state index contributed by atoms with van der Waals surface area (Å²) < 4.78 is 15.8. The van der Waals surface area contributed by atoms with Gasteiger partial charge in [-0.05, 0) is 43.5 Å². The highest BCUT2D eigenvalue weighted by atomic mass is 35.5. The number of nitrogens with one attached hydrogen (secondary N) is 1. The number of amides is 1. The molecule has 0 saturated heterocycles. The van der Waals surface area contributed by atoms with Crippen LogP contribution in [0.2, 0.25) is 5.02 Å². The molecule has 150 valence electrons. The number of benzene rings is 2. The van der Waals surface area contributed by atoms with Gasteiger partial charge in [-0.1, -0.05) is 36.7 Å². The van der Waals surface area contributed by atoms with Crippen LogP contribution in [0.1, 0.15) is 35.3 Å². The van der Waals surface area contributed by atoms with Crippen molar-refractivity contribution in [2.45, 2.75) is 27.2 Å². The zero-order valence-corrected chi connectivity index (χ0v) is 17.2. The first-order valence-electron chi connectivity index (χ1n) is 8.97. The number of esters is 1. The van der Waals surface area contributed by atoms with E-state index in [1.165, 1.54) is 19.2 Å². The molecule has 0 bridgehead atoms. The SMILES string of the molecule is CCOc1c(Cl)cc(C(=O)OCC(=O)Nc2c(C)cccc2CC)cc1OC. The lowest BCUT2D eigenvalue weighted by Crippen LogP contribution is -2.22. The summed E-state index contributed by atoms with van der Waals surface area (Å²) in [7, 11) is 1.45. The van der Waals surface area contributed by atoms with Gasteiger partial charge in [0.1, 0.15) is 0 Å². The molecule has 0 aliphatic rings. The largest absolute Gasteiger partial charge is 0.493 e. The molecule has 1 amide bonds. The molecular formula is C21H24ClNO5. The van der Waals surface area contributed by atoms with Crippen LogP contribution in [0, 0.1) is 6.92 Å². The number of para-hydroxylation sites is 1. The van der Waals surface area contributed by atoms with Crippen LogP contribution >= 0.6 is 11.6 Å². The summed E-state index contributed by atoms with van der Waals surface area (Å²) >= 11 is 6.16. The molecule has 2 aromatic rings. The van der Waals surface area contributed by atoms with E-state index < -0.39 is 18.5 Å². The molecule has 0 radical (unpaired) electrons. The summed E-state index contributed by atoms with van der Waals surface area (Å²) in [6, 6.07) is 8.68. The topological polar surface area (TPSA) is 73.9 Å². The average Bonchev–Trinajstić information content (AvgIpc) is 2.69. The van der Waals surface area contributed by atoms with Crippen molar-refractivity contribution in [2.24, 2.45) is 0 Å². The molecule has 0 saturated carbocycles. The number of anilines is 1. The Bertz CT molecular complexity index is 866. The zero-order chi connectivity index (χ0) is 20.7. The first kappa shape index (κ1) is 21.6. The third kappa shape index (κ3) is 5.16. The Morgan fingerprint density at radius 2 is 1.93 bits per heavy atom. The van der Waals surface area contributed by atoms with Gasteiger partial charge in [-0.25, -0.2) is 4.79 Å². The number of aryl methyl sites for hydroxylation is 2. The fourth-order valence-electron chi connectivity index (χ4n) is 2.71. The third-order valence-corrected chi connectivity index (χ3v) is 4.37. The van der Waals surface area contributed by atoms with E-state index >= 15 is 0 Å². The maximum atomic E-state index is 12.3. The monoisotopic (exact) mass is 405 g/mol. The molecule has 0 aliphatic heterocycles. The Labute approximate surface area is 169 Å². The van der Waals surface area contributed by atoms with E-state index in [9.17, 15) is 9.59 Å². The van der Waals surface area contributed by atoms with Gasteiger partial charge in [-0.3, -0.25) is 4.79 Å². The molecule has 6 nitrogen and oxygen atoms in total. The summed E-state index contributed by atoms with van der Waals surface area (Å²) in [6.45, 7) is 5.72. The number of ether oxygens (including phenoxy) is 3. The summed E-state index contributed by atoms with van der Waals surface area (Å²) in [5, 5.41) is 3.04. The number of methoxy groups -OCH3 is 1. The maximum Gasteiger partial charge on any atom is 0.338 e. The number of carbonyl (C=O) groups is 2. The number of hydrogen-bond donors (Lipinski definition) is 1. The van der Waals surface area contributed by atoms with Gasteiger partial charge in [0.25, 0.3) is 5.91 Å². The molecule has 0 atom stereocenters. The smallest absolute Gasteiger partial charge is 0.338 e. The molecule has 2 rings (SSSR count). The fraction of sp³-hybridized carbons (Fsp3) is 0.333. The lowest BCUT2D eigenvalue weighted by molar-refractivity contribution is -0.119. The molecule has 7 heteroatoms. The zero-order valence-electron chi connectivity index (χ0n) is 16.4. The van der Waals surface area contributed by atoms with Crippen LogP contribution in [-0.2, 0) is 16.0 Å². The first-order chi connectivity index (χ1) is 13.4. The molecule has 1 N–H and O–H groups in total. The third-order valence-electron chi connectivity index (χ3n) is 4.09. The van der Waals surface area contributed by atoms with Gasteiger partial charge >= 0.3 is 5.97 Å². The van der Waals surface area contributed by atoms with Crippen molar-refractivity contribution in [1.29, 1.82) is 0 Å². The summed E-state index contributed by atoms with van der Waals surface area (Å²) in [5.74, 6) is -0.425. The van der Waals surface area contributed by atoms with E-state index in [0.29, 0.717) is 18.1 Å². The van der Waals surface area contributed by atoms with Crippen molar-refractivity contribution in [3.63, 3.8) is 0 Å². The highest BCUT2D eigenvalue weighted by molar-refractivity contribution is 6.32. The van der Waals surface area contributed by atoms with E-state index in [1.54, 1.807) is 0 Å². The van der Waals surface area contributed by atoms with E-state index in [4.69, 9.17) is 25.8 Å². The number of rotatable bonds is 8. The normalized spacial score (nSPS) is 10.3. The quantitative estimate of drug-likeness (QED) is 0.658. The molecule has 0 fully saturated rings. The molecule has 0 aromatic heterocycles. The number of carbonyl (C=O) groups excluding carboxylic acids is 2. The molecule has 28 heavy (non-hydrogen) atoms. The van der Waals surface area contributed by atoms with Crippen LogP contribution in [-0.4, -0.2) is 32.2 Å². The van der Waals surface area contributed by atoms with Crippen molar-refractivity contribution in [3.8, 4) is 11.5 Å². The van der Waals surface area contributed by atoms with Gasteiger partial charge in [0.15, 0.2) is 18.1 Å². The van der Waals surface area contributed by atoms with E-state index in [1.807, 2.05) is 39.0 Å². The second-order valence-electron chi connectivity index (χ2n) is 6.01. The Hall–Kier alpha value is -2.73. The maximum absolute atomic E-state index is 12.3. The van der Waals surface area contributed by atoms with E-state index in [-0.39, 0.29) is 10.6 Å². The van der Waals surface area contributed by atoms with Crippen molar-refractivity contribution in [1.82, 2.24) is 0 Å². The highest BCUT2D eigenvalue weighted by Crippen LogP contribution is 2.36. The molecule has 0 heterocycles. The Morgan fingerprint density at radius 3 is 2.57 bits per heavy atom. The molecule has 0 spiro atoms. The average molecular weight is 406 g/mol. The lowest BCUT2D eigenvalue weighted by atomic mass is 10.1. The van der Waals surface area contributed by atoms with Gasteiger partial charge in [0, 0.05) is 5.69 Å². The van der Waals surface area contributed by atoms with Crippen LogP contribution in [0.3, 0.4) is 0 Å². The number of hydrogen-bond acceptors (Lipinski definition) is 5. The van der Waals surface area contributed by atoms with Crippen LogP contribution in [0.5, 0.6) is 11.5 Å². The summed E-state index contributed by atoms with van der Waals surface area (Å²) in [5.41, 5.74) is 2.88.